The van der Waals surface area contributed by atoms with Gasteiger partial charge in [0.2, 0.25) is 10.5 Å². The molecule has 1 aromatic heterocycles. The molecule has 1 aromatic carbocycles. The molecule has 0 amide bonds. The van der Waals surface area contributed by atoms with E-state index in [-0.39, 0.29) is 29.4 Å². The lowest BCUT2D eigenvalue weighted by Gasteiger charge is -2.14. The monoisotopic (exact) mass is 407 g/mol. The molecule has 1 saturated heterocycles. The Kier molecular flexibility index (Phi) is 6.05. The number of nitro benzene ring substituents is 1. The maximum Gasteiger partial charge on any atom is 0.315 e. The highest BCUT2D eigenvalue weighted by Gasteiger charge is 2.25. The molecule has 0 radical (unpaired) electrons. The quantitative estimate of drug-likeness (QED) is 0.324. The smallest absolute Gasteiger partial charge is 0.315 e. The third-order valence-corrected chi connectivity index (χ3v) is 4.31. The van der Waals surface area contributed by atoms with Crippen molar-refractivity contribution in [2.24, 2.45) is 5.10 Å². The first-order valence-electron chi connectivity index (χ1n) is 8.77. The van der Waals surface area contributed by atoms with E-state index in [2.05, 4.69) is 15.3 Å². The fraction of sp³-hybridized carbons (Fsp3) is 0.471. The van der Waals surface area contributed by atoms with Crippen LogP contribution in [0, 0.1) is 14.9 Å². The number of nitro groups is 1. The molecule has 1 aliphatic heterocycles. The lowest BCUT2D eigenvalue weighted by atomic mass is 10.2. The number of rotatable bonds is 7. The average molecular weight is 407 g/mol. The molecule has 1 N–H and O–H groups in total. The summed E-state index contributed by atoms with van der Waals surface area (Å²) in [6.07, 6.45) is 2.80. The van der Waals surface area contributed by atoms with Gasteiger partial charge in [0.25, 0.3) is 0 Å². The first-order chi connectivity index (χ1) is 13.4. The van der Waals surface area contributed by atoms with Crippen molar-refractivity contribution in [1.82, 2.24) is 14.9 Å². The van der Waals surface area contributed by atoms with Crippen LogP contribution in [-0.2, 0) is 4.74 Å². The van der Waals surface area contributed by atoms with Gasteiger partial charge in [-0.1, -0.05) is 0 Å². The number of hydrogen-bond acceptors (Lipinski definition) is 8. The van der Waals surface area contributed by atoms with E-state index < -0.39 is 4.92 Å². The zero-order valence-electron chi connectivity index (χ0n) is 15.7. The van der Waals surface area contributed by atoms with Crippen molar-refractivity contribution in [3.8, 4) is 11.5 Å². The number of H-pyrrole nitrogens is 1. The summed E-state index contributed by atoms with van der Waals surface area (Å²) in [6, 6.07) is 2.99. The molecule has 10 nitrogen and oxygen atoms in total. The number of nitrogens with one attached hydrogen (secondary N) is 1. The molecule has 0 spiro atoms. The number of benzene rings is 1. The Hall–Kier alpha value is -2.79. The Morgan fingerprint density at radius 2 is 2.32 bits per heavy atom. The lowest BCUT2D eigenvalue weighted by Crippen LogP contribution is -2.09. The Morgan fingerprint density at radius 1 is 1.54 bits per heavy atom. The number of aromatic nitrogens is 3. The van der Waals surface area contributed by atoms with Gasteiger partial charge in [-0.05, 0) is 45.0 Å². The van der Waals surface area contributed by atoms with Gasteiger partial charge in [0.1, 0.15) is 6.10 Å². The topological polar surface area (TPSA) is 117 Å². The second-order valence-electron chi connectivity index (χ2n) is 6.44. The predicted molar refractivity (Wildman–Crippen MR) is 104 cm³/mol. The van der Waals surface area contributed by atoms with Crippen LogP contribution in [0.25, 0.3) is 0 Å². The third-order valence-electron chi connectivity index (χ3n) is 4.04. The van der Waals surface area contributed by atoms with Gasteiger partial charge in [0.15, 0.2) is 11.6 Å². The Morgan fingerprint density at radius 3 is 2.93 bits per heavy atom. The minimum absolute atomic E-state index is 0.0830. The number of nitrogens with zero attached hydrogens (tertiary/aromatic N) is 4. The van der Waals surface area contributed by atoms with Gasteiger partial charge < -0.3 is 14.2 Å². The van der Waals surface area contributed by atoms with Gasteiger partial charge in [-0.3, -0.25) is 15.2 Å². The van der Waals surface area contributed by atoms with Crippen LogP contribution in [0.3, 0.4) is 0 Å². The summed E-state index contributed by atoms with van der Waals surface area (Å²) >= 11 is 5.23. The Bertz CT molecular complexity index is 946. The molecule has 28 heavy (non-hydrogen) atoms. The van der Waals surface area contributed by atoms with Crippen molar-refractivity contribution in [3.63, 3.8) is 0 Å². The number of aromatic amines is 1. The van der Waals surface area contributed by atoms with Crippen molar-refractivity contribution < 1.29 is 19.1 Å². The van der Waals surface area contributed by atoms with Crippen LogP contribution in [0.4, 0.5) is 5.69 Å². The highest BCUT2D eigenvalue weighted by molar-refractivity contribution is 7.71. The van der Waals surface area contributed by atoms with Gasteiger partial charge >= 0.3 is 5.69 Å². The zero-order chi connectivity index (χ0) is 20.3. The Balaban J connectivity index is 1.99. The van der Waals surface area contributed by atoms with Crippen LogP contribution in [0.15, 0.2) is 17.2 Å². The number of ether oxygens (including phenoxy) is 3. The highest BCUT2D eigenvalue weighted by atomic mass is 32.1. The van der Waals surface area contributed by atoms with Gasteiger partial charge in [0, 0.05) is 18.2 Å². The Labute approximate surface area is 166 Å². The molecule has 2 heterocycles. The van der Waals surface area contributed by atoms with E-state index in [0.29, 0.717) is 22.8 Å². The average Bonchev–Trinajstić information content (AvgIpc) is 3.29. The standard InChI is InChI=1S/C17H21N5O5S/c1-10(2)27-15-12(22(23)24)7-11(8-14(15)25-3)9-18-21-16(19-20-17(21)28)13-5-4-6-26-13/h7-10,13H,4-6H2,1-3H3,(H,20,28)/b18-9-. The second kappa shape index (κ2) is 8.48. The van der Waals surface area contributed by atoms with Gasteiger partial charge in [0.05, 0.1) is 24.4 Å². The van der Waals surface area contributed by atoms with Crippen LogP contribution in [0.5, 0.6) is 11.5 Å². The van der Waals surface area contributed by atoms with E-state index in [1.54, 1.807) is 19.9 Å². The predicted octanol–water partition coefficient (Wildman–Crippen LogP) is 3.38. The highest BCUT2D eigenvalue weighted by Crippen LogP contribution is 2.38. The lowest BCUT2D eigenvalue weighted by molar-refractivity contribution is -0.386. The summed E-state index contributed by atoms with van der Waals surface area (Å²) in [5, 5.41) is 22.7. The van der Waals surface area contributed by atoms with Gasteiger partial charge in [-0.2, -0.15) is 14.9 Å². The second-order valence-corrected chi connectivity index (χ2v) is 6.83. The fourth-order valence-electron chi connectivity index (χ4n) is 2.85. The largest absolute Gasteiger partial charge is 0.493 e. The molecule has 0 aliphatic carbocycles. The molecule has 150 valence electrons. The first-order valence-corrected chi connectivity index (χ1v) is 9.18. The first kappa shape index (κ1) is 20.0. The van der Waals surface area contributed by atoms with E-state index in [1.807, 2.05) is 0 Å². The summed E-state index contributed by atoms with van der Waals surface area (Å²) < 4.78 is 18.3. The molecule has 0 bridgehead atoms. The van der Waals surface area contributed by atoms with E-state index in [4.69, 9.17) is 26.4 Å². The molecule has 1 aliphatic rings. The van der Waals surface area contributed by atoms with Crippen molar-refractivity contribution in [2.75, 3.05) is 13.7 Å². The zero-order valence-corrected chi connectivity index (χ0v) is 16.6. The molecule has 3 rings (SSSR count). The van der Waals surface area contributed by atoms with Crippen molar-refractivity contribution >= 4 is 24.1 Å². The van der Waals surface area contributed by atoms with Crippen molar-refractivity contribution in [1.29, 1.82) is 0 Å². The van der Waals surface area contributed by atoms with Crippen molar-refractivity contribution in [3.05, 3.63) is 38.4 Å². The summed E-state index contributed by atoms with van der Waals surface area (Å²) in [7, 11) is 1.43. The third kappa shape index (κ3) is 4.20. The van der Waals surface area contributed by atoms with E-state index in [0.717, 1.165) is 12.8 Å². The molecule has 1 atom stereocenters. The molecular weight excluding hydrogens is 386 g/mol. The molecule has 1 unspecified atom stereocenters. The minimum Gasteiger partial charge on any atom is -0.493 e. The number of methoxy groups -OCH3 is 1. The molecule has 0 saturated carbocycles. The normalized spacial score (nSPS) is 16.8. The van der Waals surface area contributed by atoms with Crippen LogP contribution >= 0.6 is 12.2 Å². The van der Waals surface area contributed by atoms with Crippen LogP contribution in [-0.4, -0.2) is 45.8 Å². The minimum atomic E-state index is -0.515. The molecule has 11 heteroatoms. The van der Waals surface area contributed by atoms with E-state index in [1.165, 1.54) is 24.1 Å². The van der Waals surface area contributed by atoms with E-state index >= 15 is 0 Å². The summed E-state index contributed by atoms with van der Waals surface area (Å²) in [5.41, 5.74) is 0.255. The van der Waals surface area contributed by atoms with Crippen LogP contribution in [0.1, 0.15) is 44.2 Å². The maximum atomic E-state index is 11.5. The van der Waals surface area contributed by atoms with Gasteiger partial charge in [-0.15, -0.1) is 0 Å². The molecular formula is C17H21N5O5S. The SMILES string of the molecule is COc1cc(/C=N\n2c(C3CCCO3)n[nH]c2=S)cc([N+](=O)[O-])c1OC(C)C. The van der Waals surface area contributed by atoms with Gasteiger partial charge in [-0.25, -0.2) is 0 Å². The number of hydrogen-bond donors (Lipinski definition) is 1. The molecule has 2 aromatic rings. The van der Waals surface area contributed by atoms with Crippen molar-refractivity contribution in [2.45, 2.75) is 38.9 Å². The van der Waals surface area contributed by atoms with Crippen LogP contribution in [0.2, 0.25) is 0 Å². The summed E-state index contributed by atoms with van der Waals surface area (Å²) in [4.78, 5) is 11.0. The molecule has 1 fully saturated rings. The summed E-state index contributed by atoms with van der Waals surface area (Å²) in [6.45, 7) is 4.23. The summed E-state index contributed by atoms with van der Waals surface area (Å²) in [5.74, 6) is 0.902. The maximum absolute atomic E-state index is 11.5. The van der Waals surface area contributed by atoms with Crippen LogP contribution < -0.4 is 9.47 Å². The van der Waals surface area contributed by atoms with E-state index in [9.17, 15) is 10.1 Å². The fourth-order valence-corrected chi connectivity index (χ4v) is 3.04.